The molecule has 2 aromatic rings. The van der Waals surface area contributed by atoms with Crippen LogP contribution in [-0.2, 0) is 13.1 Å². The van der Waals surface area contributed by atoms with Crippen LogP contribution in [-0.4, -0.2) is 38.2 Å². The van der Waals surface area contributed by atoms with Crippen LogP contribution >= 0.6 is 0 Å². The zero-order valence-corrected chi connectivity index (χ0v) is 15.3. The molecule has 25 heavy (non-hydrogen) atoms. The molecule has 0 saturated heterocycles. The Kier molecular flexibility index (Phi) is 5.16. The third-order valence-electron chi connectivity index (χ3n) is 4.18. The summed E-state index contributed by atoms with van der Waals surface area (Å²) < 4.78 is 16.8. The maximum Gasteiger partial charge on any atom is 0.193 e. The zero-order chi connectivity index (χ0) is 17.8. The lowest BCUT2D eigenvalue weighted by atomic mass is 10.2. The summed E-state index contributed by atoms with van der Waals surface area (Å²) in [6.07, 6.45) is 0. The normalized spacial score (nSPS) is 13.7. The lowest BCUT2D eigenvalue weighted by Crippen LogP contribution is -2.38. The highest BCUT2D eigenvalue weighted by Crippen LogP contribution is 2.31. The molecule has 2 heterocycles. The zero-order valence-electron chi connectivity index (χ0n) is 15.3. The minimum Gasteiger partial charge on any atom is -0.486 e. The van der Waals surface area contributed by atoms with Gasteiger partial charge in [0.25, 0.3) is 0 Å². The molecule has 0 aliphatic carbocycles. The van der Waals surface area contributed by atoms with E-state index in [1.807, 2.05) is 33.0 Å². The van der Waals surface area contributed by atoms with Crippen molar-refractivity contribution in [2.45, 2.75) is 26.9 Å². The Hall–Kier alpha value is -2.63. The summed E-state index contributed by atoms with van der Waals surface area (Å²) in [5.74, 6) is 4.31. The summed E-state index contributed by atoms with van der Waals surface area (Å²) in [7, 11) is 3.80. The molecule has 134 valence electrons. The van der Waals surface area contributed by atoms with E-state index < -0.39 is 0 Å². The molecule has 3 rings (SSSR count). The van der Waals surface area contributed by atoms with E-state index in [9.17, 15) is 0 Å². The van der Waals surface area contributed by atoms with Crippen LogP contribution < -0.4 is 14.8 Å². The van der Waals surface area contributed by atoms with Gasteiger partial charge in [-0.15, -0.1) is 0 Å². The lowest BCUT2D eigenvalue weighted by Gasteiger charge is -2.23. The minimum absolute atomic E-state index is 0.596. The van der Waals surface area contributed by atoms with Gasteiger partial charge in [0, 0.05) is 32.7 Å². The molecular weight excluding hydrogens is 318 g/mol. The molecule has 6 nitrogen and oxygen atoms in total. The molecule has 0 unspecified atom stereocenters. The summed E-state index contributed by atoms with van der Waals surface area (Å²) >= 11 is 0. The molecule has 1 aliphatic rings. The number of guanidine groups is 1. The number of fused-ring (bicyclic) bond motifs is 1. The van der Waals surface area contributed by atoms with Crippen molar-refractivity contribution in [3.8, 4) is 11.5 Å². The van der Waals surface area contributed by atoms with Crippen LogP contribution in [0, 0.1) is 13.8 Å². The average molecular weight is 343 g/mol. The van der Waals surface area contributed by atoms with E-state index in [1.54, 1.807) is 7.05 Å². The maximum atomic E-state index is 5.65. The van der Waals surface area contributed by atoms with Gasteiger partial charge in [-0.1, -0.05) is 6.07 Å². The second kappa shape index (κ2) is 7.51. The number of hydrogen-bond donors (Lipinski definition) is 1. The highest BCUT2D eigenvalue weighted by molar-refractivity contribution is 5.79. The van der Waals surface area contributed by atoms with Gasteiger partial charge in [-0.25, -0.2) is 0 Å². The molecule has 0 radical (unpaired) electrons. The smallest absolute Gasteiger partial charge is 0.193 e. The van der Waals surface area contributed by atoms with E-state index in [-0.39, 0.29) is 0 Å². The average Bonchev–Trinajstić information content (AvgIpc) is 2.93. The Morgan fingerprint density at radius 2 is 1.92 bits per heavy atom. The molecule has 0 amide bonds. The van der Waals surface area contributed by atoms with Gasteiger partial charge in [-0.2, -0.15) is 0 Å². The standard InChI is InChI=1S/C19H25N3O3/c1-13-9-16(14(2)25-13)11-21-19(20-3)22(4)12-15-5-6-17-18(10-15)24-8-7-23-17/h5-6,9-10H,7-8,11-12H2,1-4H3,(H,20,21). The second-order valence-corrected chi connectivity index (χ2v) is 6.17. The molecule has 0 atom stereocenters. The fourth-order valence-electron chi connectivity index (χ4n) is 2.95. The van der Waals surface area contributed by atoms with Crippen molar-refractivity contribution in [1.29, 1.82) is 0 Å². The van der Waals surface area contributed by atoms with Crippen LogP contribution in [0.5, 0.6) is 11.5 Å². The van der Waals surface area contributed by atoms with E-state index in [1.165, 1.54) is 0 Å². The third-order valence-corrected chi connectivity index (χ3v) is 4.18. The van der Waals surface area contributed by atoms with Crippen LogP contribution in [0.2, 0.25) is 0 Å². The molecule has 0 spiro atoms. The van der Waals surface area contributed by atoms with Crippen LogP contribution in [0.1, 0.15) is 22.6 Å². The Balaban J connectivity index is 1.62. The third kappa shape index (κ3) is 4.07. The summed E-state index contributed by atoms with van der Waals surface area (Å²) in [4.78, 5) is 6.45. The summed E-state index contributed by atoms with van der Waals surface area (Å²) in [5, 5.41) is 3.38. The number of benzene rings is 1. The highest BCUT2D eigenvalue weighted by atomic mass is 16.6. The molecular formula is C19H25N3O3. The molecule has 1 N–H and O–H groups in total. The van der Waals surface area contributed by atoms with Crippen molar-refractivity contribution in [2.75, 3.05) is 27.3 Å². The maximum absolute atomic E-state index is 5.65. The van der Waals surface area contributed by atoms with Crippen molar-refractivity contribution >= 4 is 5.96 Å². The minimum atomic E-state index is 0.596. The first-order valence-electron chi connectivity index (χ1n) is 8.43. The van der Waals surface area contributed by atoms with Crippen LogP contribution in [0.15, 0.2) is 33.7 Å². The second-order valence-electron chi connectivity index (χ2n) is 6.17. The van der Waals surface area contributed by atoms with Gasteiger partial charge in [0.05, 0.1) is 0 Å². The molecule has 1 aliphatic heterocycles. The highest BCUT2D eigenvalue weighted by Gasteiger charge is 2.14. The molecule has 0 fully saturated rings. The fraction of sp³-hybridized carbons (Fsp3) is 0.421. The van der Waals surface area contributed by atoms with Gasteiger partial charge in [-0.05, 0) is 37.6 Å². The predicted molar refractivity (Wildman–Crippen MR) is 97.3 cm³/mol. The van der Waals surface area contributed by atoms with Crippen molar-refractivity contribution in [3.05, 3.63) is 46.9 Å². The Morgan fingerprint density at radius 1 is 1.16 bits per heavy atom. The van der Waals surface area contributed by atoms with Crippen LogP contribution in [0.25, 0.3) is 0 Å². The molecule has 1 aromatic heterocycles. The van der Waals surface area contributed by atoms with Crippen LogP contribution in [0.3, 0.4) is 0 Å². The van der Waals surface area contributed by atoms with Crippen molar-refractivity contribution in [1.82, 2.24) is 10.2 Å². The SMILES string of the molecule is CN=C(NCc1cc(C)oc1C)N(C)Cc1ccc2c(c1)OCCO2. The first-order valence-corrected chi connectivity index (χ1v) is 8.43. The Bertz CT molecular complexity index is 767. The van der Waals surface area contributed by atoms with E-state index in [0.717, 1.165) is 46.7 Å². The first kappa shape index (κ1) is 17.2. The van der Waals surface area contributed by atoms with E-state index in [2.05, 4.69) is 27.3 Å². The summed E-state index contributed by atoms with van der Waals surface area (Å²) in [6, 6.07) is 8.10. The molecule has 1 aromatic carbocycles. The number of nitrogens with one attached hydrogen (secondary N) is 1. The van der Waals surface area contributed by atoms with E-state index in [0.29, 0.717) is 19.8 Å². The monoisotopic (exact) mass is 343 g/mol. The first-order chi connectivity index (χ1) is 12.1. The fourth-order valence-corrected chi connectivity index (χ4v) is 2.95. The number of hydrogen-bond acceptors (Lipinski definition) is 4. The van der Waals surface area contributed by atoms with Crippen LogP contribution in [0.4, 0.5) is 0 Å². The molecule has 0 saturated carbocycles. The largest absolute Gasteiger partial charge is 0.486 e. The number of aryl methyl sites for hydroxylation is 2. The summed E-state index contributed by atoms with van der Waals surface area (Å²) in [6.45, 7) is 6.54. The lowest BCUT2D eigenvalue weighted by molar-refractivity contribution is 0.171. The van der Waals surface area contributed by atoms with Gasteiger partial charge in [0.15, 0.2) is 17.5 Å². The number of aliphatic imine (C=N–C) groups is 1. The number of furan rings is 1. The van der Waals surface area contributed by atoms with Gasteiger partial charge in [0.1, 0.15) is 24.7 Å². The Labute approximate surface area is 148 Å². The predicted octanol–water partition coefficient (Wildman–Crippen LogP) is 2.88. The van der Waals surface area contributed by atoms with Gasteiger partial charge in [-0.3, -0.25) is 4.99 Å². The van der Waals surface area contributed by atoms with Crippen molar-refractivity contribution < 1.29 is 13.9 Å². The van der Waals surface area contributed by atoms with Gasteiger partial charge in [0.2, 0.25) is 0 Å². The van der Waals surface area contributed by atoms with Crippen molar-refractivity contribution in [2.24, 2.45) is 4.99 Å². The van der Waals surface area contributed by atoms with E-state index >= 15 is 0 Å². The van der Waals surface area contributed by atoms with Gasteiger partial charge < -0.3 is 24.1 Å². The number of rotatable bonds is 4. The van der Waals surface area contributed by atoms with Crippen molar-refractivity contribution in [3.63, 3.8) is 0 Å². The molecule has 0 bridgehead atoms. The van der Waals surface area contributed by atoms with Gasteiger partial charge >= 0.3 is 0 Å². The quantitative estimate of drug-likeness (QED) is 0.683. The number of nitrogens with zero attached hydrogens (tertiary/aromatic N) is 2. The number of ether oxygens (including phenoxy) is 2. The van der Waals surface area contributed by atoms with E-state index in [4.69, 9.17) is 13.9 Å². The summed E-state index contributed by atoms with van der Waals surface area (Å²) in [5.41, 5.74) is 2.29. The topological polar surface area (TPSA) is 59.2 Å². The Morgan fingerprint density at radius 3 is 2.60 bits per heavy atom. The molecule has 6 heteroatoms.